The molecule has 0 aliphatic rings. The van der Waals surface area contributed by atoms with E-state index >= 15 is 0 Å². The second-order valence-electron chi connectivity index (χ2n) is 17.6. The molecule has 5 heteroatoms. The van der Waals surface area contributed by atoms with E-state index < -0.39 is 0 Å². The smallest absolute Gasteiger partial charge is 0.220 e. The van der Waals surface area contributed by atoms with Crippen molar-refractivity contribution in [1.29, 1.82) is 0 Å². The summed E-state index contributed by atoms with van der Waals surface area (Å²) in [5, 5.41) is 4.85. The molecule has 0 aliphatic carbocycles. The van der Waals surface area contributed by atoms with Gasteiger partial charge in [0.25, 0.3) is 0 Å². The van der Waals surface area contributed by atoms with E-state index in [1.165, 1.54) is 49.2 Å². The highest BCUT2D eigenvalue weighted by Crippen LogP contribution is 2.43. The maximum absolute atomic E-state index is 5.63. The molecular weight excluding hydrogens is 827 g/mol. The van der Waals surface area contributed by atoms with E-state index in [0.717, 1.165) is 73.0 Å². The molecule has 0 spiro atoms. The maximum atomic E-state index is 5.63. The van der Waals surface area contributed by atoms with Crippen LogP contribution in [0.3, 0.4) is 0 Å². The molecule has 0 radical (unpaired) electrons. The molecule has 0 N–H and O–H groups in total. The third-order valence-corrected chi connectivity index (χ3v) is 13.8. The molecular formula is C63H41N5. The Morgan fingerprint density at radius 1 is 0.250 bits per heavy atom. The van der Waals surface area contributed by atoms with Gasteiger partial charge in [-0.25, -0.2) is 4.98 Å². The molecule has 0 bridgehead atoms. The van der Waals surface area contributed by atoms with Crippen molar-refractivity contribution in [2.24, 2.45) is 0 Å². The molecule has 4 heterocycles. The molecule has 318 valence electrons. The molecule has 14 aromatic rings. The normalized spacial score (nSPS) is 11.8. The fourth-order valence-electron chi connectivity index (χ4n) is 10.7. The van der Waals surface area contributed by atoms with Gasteiger partial charge in [0.15, 0.2) is 0 Å². The molecule has 0 aliphatic heterocycles. The van der Waals surface area contributed by atoms with Crippen LogP contribution in [0.5, 0.6) is 0 Å². The zero-order valence-corrected chi connectivity index (χ0v) is 36.9. The van der Waals surface area contributed by atoms with Gasteiger partial charge in [0.05, 0.1) is 44.5 Å². The van der Waals surface area contributed by atoms with E-state index in [-0.39, 0.29) is 0 Å². The third-order valence-electron chi connectivity index (χ3n) is 13.8. The lowest BCUT2D eigenvalue weighted by Crippen LogP contribution is -1.94. The lowest BCUT2D eigenvalue weighted by molar-refractivity contribution is 1.10. The monoisotopic (exact) mass is 867 g/mol. The lowest BCUT2D eigenvalue weighted by atomic mass is 10.0. The van der Waals surface area contributed by atoms with Crippen molar-refractivity contribution in [2.45, 2.75) is 0 Å². The van der Waals surface area contributed by atoms with Gasteiger partial charge in [-0.3, -0.25) is 8.97 Å². The van der Waals surface area contributed by atoms with E-state index in [2.05, 4.69) is 267 Å². The molecule has 4 aromatic heterocycles. The summed E-state index contributed by atoms with van der Waals surface area (Å²) in [7, 11) is 0. The minimum absolute atomic E-state index is 0.860. The Kier molecular flexibility index (Phi) is 8.52. The largest absolute Gasteiger partial charge is 0.309 e. The second kappa shape index (κ2) is 15.2. The van der Waals surface area contributed by atoms with Gasteiger partial charge >= 0.3 is 0 Å². The second-order valence-corrected chi connectivity index (χ2v) is 17.6. The van der Waals surface area contributed by atoms with Gasteiger partial charge in [0, 0.05) is 49.7 Å². The van der Waals surface area contributed by atoms with Crippen molar-refractivity contribution in [2.75, 3.05) is 0 Å². The number of para-hydroxylation sites is 4. The summed E-state index contributed by atoms with van der Waals surface area (Å²) in [5.41, 5.74) is 19.0. The van der Waals surface area contributed by atoms with Gasteiger partial charge in [-0.05, 0) is 107 Å². The highest BCUT2D eigenvalue weighted by Gasteiger charge is 2.25. The molecule has 0 saturated carbocycles. The van der Waals surface area contributed by atoms with E-state index in [1.54, 1.807) is 0 Å². The van der Waals surface area contributed by atoms with Crippen LogP contribution >= 0.6 is 0 Å². The van der Waals surface area contributed by atoms with Crippen molar-refractivity contribution in [3.63, 3.8) is 0 Å². The molecule has 0 unspecified atom stereocenters. The molecule has 14 rings (SSSR count). The maximum Gasteiger partial charge on any atom is 0.220 e. The summed E-state index contributed by atoms with van der Waals surface area (Å²) in [6.45, 7) is 0. The zero-order valence-electron chi connectivity index (χ0n) is 36.9. The Labute approximate surface area is 392 Å². The molecule has 0 atom stereocenters. The molecule has 5 nitrogen and oxygen atoms in total. The van der Waals surface area contributed by atoms with Crippen LogP contribution in [0.25, 0.3) is 122 Å². The minimum Gasteiger partial charge on any atom is -0.309 e. The van der Waals surface area contributed by atoms with Gasteiger partial charge in [-0.15, -0.1) is 0 Å². The van der Waals surface area contributed by atoms with Crippen LogP contribution < -0.4 is 0 Å². The average molecular weight is 868 g/mol. The van der Waals surface area contributed by atoms with Gasteiger partial charge in [0.2, 0.25) is 5.78 Å². The van der Waals surface area contributed by atoms with Crippen LogP contribution in [0.15, 0.2) is 249 Å². The van der Waals surface area contributed by atoms with Crippen molar-refractivity contribution >= 4 is 60.4 Å². The minimum atomic E-state index is 0.860. The fraction of sp³-hybridized carbons (Fsp3) is 0. The van der Waals surface area contributed by atoms with Crippen LogP contribution in [-0.2, 0) is 0 Å². The van der Waals surface area contributed by atoms with Crippen LogP contribution in [0.1, 0.15) is 0 Å². The van der Waals surface area contributed by atoms with Gasteiger partial charge < -0.3 is 9.13 Å². The summed E-state index contributed by atoms with van der Waals surface area (Å²) in [6, 6.07) is 89.8. The SMILES string of the molecule is c1ccc(-c2cccc(-n3c4ccccc4c4cc(-c5c(-c6ccccc6)nc6n(-c7ccccc7)c7ccc(-c8ccc9c(c8)c8ccccc8n9-c8ccccc8)cc7n56)ccc43)c2)cc1. The van der Waals surface area contributed by atoms with Crippen LogP contribution in [0, 0.1) is 0 Å². The number of benzene rings is 10. The summed E-state index contributed by atoms with van der Waals surface area (Å²) < 4.78 is 9.50. The molecule has 68 heavy (non-hydrogen) atoms. The van der Waals surface area contributed by atoms with E-state index in [4.69, 9.17) is 4.98 Å². The first-order valence-electron chi connectivity index (χ1n) is 23.2. The summed E-state index contributed by atoms with van der Waals surface area (Å²) >= 11 is 0. The number of rotatable bonds is 7. The van der Waals surface area contributed by atoms with E-state index in [0.29, 0.717) is 0 Å². The standard InChI is InChI=1S/C63H41N5/c1-5-18-42(19-6-1)44-22-17-27-50(38-44)66-56-31-16-14-29-52(56)54-40-47(34-36-58(54)66)62-61(43-20-7-2-8-21-43)64-63-67(49-25-11-4-12-26-49)59-37-33-46(41-60(59)68(62)63)45-32-35-57-53(39-45)51-28-13-15-30-55(51)65(57)48-23-9-3-10-24-48/h1-41H. The quantitative estimate of drug-likeness (QED) is 0.157. The Bertz CT molecular complexity index is 4230. The first-order valence-corrected chi connectivity index (χ1v) is 23.2. The lowest BCUT2D eigenvalue weighted by Gasteiger charge is -2.11. The predicted octanol–water partition coefficient (Wildman–Crippen LogP) is 16.1. The summed E-state index contributed by atoms with van der Waals surface area (Å²) in [6.07, 6.45) is 0. The molecule has 0 amide bonds. The number of hydrogen-bond acceptors (Lipinski definition) is 1. The number of imidazole rings is 2. The Hall–Kier alpha value is -9.19. The van der Waals surface area contributed by atoms with Crippen molar-refractivity contribution < 1.29 is 0 Å². The van der Waals surface area contributed by atoms with E-state index in [9.17, 15) is 0 Å². The zero-order chi connectivity index (χ0) is 44.7. The average Bonchev–Trinajstić information content (AvgIpc) is 4.15. The number of nitrogens with zero attached hydrogens (tertiary/aromatic N) is 5. The molecule has 10 aromatic carbocycles. The van der Waals surface area contributed by atoms with Crippen LogP contribution in [-0.4, -0.2) is 23.1 Å². The third kappa shape index (κ3) is 5.86. The molecule has 0 saturated heterocycles. The first-order chi connectivity index (χ1) is 33.7. The Morgan fingerprint density at radius 2 is 0.691 bits per heavy atom. The highest BCUT2D eigenvalue weighted by atomic mass is 15.2. The highest BCUT2D eigenvalue weighted by molar-refractivity contribution is 6.12. The summed E-state index contributed by atoms with van der Waals surface area (Å²) in [4.78, 5) is 5.63. The van der Waals surface area contributed by atoms with E-state index in [1.807, 2.05) is 0 Å². The van der Waals surface area contributed by atoms with Gasteiger partial charge in [-0.1, -0.05) is 164 Å². The number of hydrogen-bond donors (Lipinski definition) is 0. The van der Waals surface area contributed by atoms with Gasteiger partial charge in [-0.2, -0.15) is 0 Å². The van der Waals surface area contributed by atoms with Crippen molar-refractivity contribution in [1.82, 2.24) is 23.1 Å². The van der Waals surface area contributed by atoms with Crippen molar-refractivity contribution in [3.8, 4) is 61.8 Å². The van der Waals surface area contributed by atoms with Gasteiger partial charge in [0.1, 0.15) is 0 Å². The first kappa shape index (κ1) is 38.1. The van der Waals surface area contributed by atoms with Crippen LogP contribution in [0.2, 0.25) is 0 Å². The Morgan fingerprint density at radius 3 is 1.34 bits per heavy atom. The topological polar surface area (TPSA) is 32.1 Å². The predicted molar refractivity (Wildman–Crippen MR) is 282 cm³/mol. The number of fused-ring (bicyclic) bond motifs is 9. The number of aromatic nitrogens is 5. The van der Waals surface area contributed by atoms with Crippen LogP contribution in [0.4, 0.5) is 0 Å². The molecule has 0 fully saturated rings. The Balaban J connectivity index is 1.02. The fourth-order valence-corrected chi connectivity index (χ4v) is 10.7. The van der Waals surface area contributed by atoms with Crippen molar-refractivity contribution in [3.05, 3.63) is 249 Å². The summed E-state index contributed by atoms with van der Waals surface area (Å²) in [5.74, 6) is 0.860.